The molecule has 0 spiro atoms. The van der Waals surface area contributed by atoms with Gasteiger partial charge in [-0.3, -0.25) is 19.8 Å². The number of aliphatic imine (C=N–C) groups is 1. The molecule has 8 nitrogen and oxygen atoms in total. The summed E-state index contributed by atoms with van der Waals surface area (Å²) < 4.78 is 5.35. The molecule has 2 aliphatic rings. The van der Waals surface area contributed by atoms with Crippen molar-refractivity contribution in [3.05, 3.63) is 51.2 Å². The third-order valence-electron chi connectivity index (χ3n) is 4.20. The van der Waals surface area contributed by atoms with Gasteiger partial charge in [0.05, 0.1) is 27.9 Å². The van der Waals surface area contributed by atoms with Gasteiger partial charge in [0.2, 0.25) is 5.91 Å². The maximum Gasteiger partial charge on any atom is 0.338 e. The number of fused-ring (bicyclic) bond motifs is 1. The third-order valence-corrected chi connectivity index (χ3v) is 5.15. The summed E-state index contributed by atoms with van der Waals surface area (Å²) >= 11 is 1.39. The van der Waals surface area contributed by atoms with Crippen molar-refractivity contribution in [1.29, 1.82) is 0 Å². The average Bonchev–Trinajstić information content (AvgIpc) is 2.60. The third kappa shape index (κ3) is 3.59. The van der Waals surface area contributed by atoms with E-state index in [1.54, 1.807) is 39.0 Å². The zero-order valence-electron chi connectivity index (χ0n) is 15.2. The molecular formula is C18H19N3O5S. The quantitative estimate of drug-likeness (QED) is 0.445. The Hall–Kier alpha value is -2.68. The predicted molar refractivity (Wildman–Crippen MR) is 101 cm³/mol. The minimum Gasteiger partial charge on any atom is -0.459 e. The van der Waals surface area contributed by atoms with Gasteiger partial charge < -0.3 is 4.74 Å². The second kappa shape index (κ2) is 7.51. The lowest BCUT2D eigenvalue weighted by Crippen LogP contribution is -2.46. The first kappa shape index (κ1) is 19.1. The molecule has 1 amide bonds. The van der Waals surface area contributed by atoms with Crippen LogP contribution in [0.15, 0.2) is 40.5 Å². The van der Waals surface area contributed by atoms with Crippen LogP contribution in [0.5, 0.6) is 0 Å². The molecule has 1 aromatic rings. The molecule has 2 heterocycles. The lowest BCUT2D eigenvalue weighted by molar-refractivity contribution is -0.385. The van der Waals surface area contributed by atoms with Crippen molar-refractivity contribution < 1.29 is 19.2 Å². The normalized spacial score (nSPS) is 19.7. The lowest BCUT2D eigenvalue weighted by atomic mass is 9.93. The maximum atomic E-state index is 12.8. The molecule has 1 saturated heterocycles. The minimum atomic E-state index is -0.939. The fourth-order valence-corrected chi connectivity index (χ4v) is 4.12. The van der Waals surface area contributed by atoms with Gasteiger partial charge in [-0.2, -0.15) is 0 Å². The van der Waals surface area contributed by atoms with Crippen LogP contribution in [0.3, 0.4) is 0 Å². The fraction of sp³-hybridized carbons (Fsp3) is 0.389. The molecule has 1 aromatic carbocycles. The molecule has 1 fully saturated rings. The number of carbonyl (C=O) groups is 2. The molecule has 0 saturated carbocycles. The van der Waals surface area contributed by atoms with Gasteiger partial charge in [-0.15, -0.1) is 0 Å². The van der Waals surface area contributed by atoms with Crippen LogP contribution in [0.2, 0.25) is 0 Å². The molecule has 2 aliphatic heterocycles. The molecule has 142 valence electrons. The van der Waals surface area contributed by atoms with Crippen LogP contribution in [0.25, 0.3) is 0 Å². The first-order valence-electron chi connectivity index (χ1n) is 8.50. The summed E-state index contributed by atoms with van der Waals surface area (Å²) in [6.07, 6.45) is -0.104. The van der Waals surface area contributed by atoms with E-state index in [0.29, 0.717) is 16.6 Å². The number of amidine groups is 1. The molecule has 3 rings (SSSR count). The molecule has 27 heavy (non-hydrogen) atoms. The van der Waals surface area contributed by atoms with Crippen LogP contribution in [0, 0.1) is 10.1 Å². The van der Waals surface area contributed by atoms with E-state index in [4.69, 9.17) is 4.74 Å². The van der Waals surface area contributed by atoms with Crippen LogP contribution >= 0.6 is 11.8 Å². The molecule has 0 N–H and O–H groups in total. The smallest absolute Gasteiger partial charge is 0.338 e. The van der Waals surface area contributed by atoms with Gasteiger partial charge >= 0.3 is 5.97 Å². The Bertz CT molecular complexity index is 878. The highest BCUT2D eigenvalue weighted by atomic mass is 32.2. The number of nitro benzene ring substituents is 1. The number of allylic oxidation sites excluding steroid dienone is 1. The van der Waals surface area contributed by atoms with Gasteiger partial charge in [0, 0.05) is 18.2 Å². The van der Waals surface area contributed by atoms with Crippen LogP contribution in [0.1, 0.15) is 38.8 Å². The number of hydrogen-bond acceptors (Lipinski definition) is 7. The van der Waals surface area contributed by atoms with E-state index in [-0.39, 0.29) is 35.3 Å². The zero-order valence-corrected chi connectivity index (χ0v) is 16.0. The molecule has 0 aliphatic carbocycles. The van der Waals surface area contributed by atoms with Crippen molar-refractivity contribution in [3.63, 3.8) is 0 Å². The van der Waals surface area contributed by atoms with Gasteiger partial charge in [0.25, 0.3) is 5.69 Å². The number of hydrogen-bond donors (Lipinski definition) is 0. The van der Waals surface area contributed by atoms with Crippen molar-refractivity contribution >= 4 is 34.5 Å². The van der Waals surface area contributed by atoms with Crippen molar-refractivity contribution in [2.24, 2.45) is 4.99 Å². The highest BCUT2D eigenvalue weighted by Gasteiger charge is 2.44. The second-order valence-corrected chi connectivity index (χ2v) is 7.49. The van der Waals surface area contributed by atoms with E-state index in [1.165, 1.54) is 22.7 Å². The van der Waals surface area contributed by atoms with Crippen molar-refractivity contribution in [2.45, 2.75) is 39.3 Å². The highest BCUT2D eigenvalue weighted by molar-refractivity contribution is 8.14. The minimum absolute atomic E-state index is 0.151. The largest absolute Gasteiger partial charge is 0.459 e. The molecule has 0 aromatic heterocycles. The first-order valence-corrected chi connectivity index (χ1v) is 9.48. The number of carbonyl (C=O) groups excluding carboxylic acids is 2. The Morgan fingerprint density at radius 3 is 2.78 bits per heavy atom. The lowest BCUT2D eigenvalue weighted by Gasteiger charge is -2.38. The maximum absolute atomic E-state index is 12.8. The van der Waals surface area contributed by atoms with Crippen LogP contribution in [-0.4, -0.2) is 38.7 Å². The summed E-state index contributed by atoms with van der Waals surface area (Å²) in [5, 5.41) is 12.0. The summed E-state index contributed by atoms with van der Waals surface area (Å²) in [4.78, 5) is 42.3. The molecule has 1 atom stereocenters. The Balaban J connectivity index is 2.22. The Labute approximate surface area is 160 Å². The number of nitrogens with zero attached hydrogens (tertiary/aromatic N) is 3. The van der Waals surface area contributed by atoms with Crippen molar-refractivity contribution in [3.8, 4) is 0 Å². The molecule has 0 unspecified atom stereocenters. The number of rotatable bonds is 4. The summed E-state index contributed by atoms with van der Waals surface area (Å²) in [6, 6.07) is 5.19. The van der Waals surface area contributed by atoms with E-state index >= 15 is 0 Å². The zero-order chi connectivity index (χ0) is 19.7. The van der Waals surface area contributed by atoms with Crippen molar-refractivity contribution in [1.82, 2.24) is 4.90 Å². The van der Waals surface area contributed by atoms with Gasteiger partial charge in [-0.25, -0.2) is 9.79 Å². The van der Waals surface area contributed by atoms with Gasteiger partial charge in [-0.05, 0) is 26.8 Å². The van der Waals surface area contributed by atoms with E-state index in [0.717, 1.165) is 0 Å². The van der Waals surface area contributed by atoms with Gasteiger partial charge in [0.15, 0.2) is 5.17 Å². The summed E-state index contributed by atoms with van der Waals surface area (Å²) in [7, 11) is 0. The van der Waals surface area contributed by atoms with Crippen LogP contribution in [-0.2, 0) is 14.3 Å². The predicted octanol–water partition coefficient (Wildman–Crippen LogP) is 3.20. The van der Waals surface area contributed by atoms with E-state index in [9.17, 15) is 19.7 Å². The number of nitro groups is 1. The monoisotopic (exact) mass is 389 g/mol. The molecule has 0 radical (unpaired) electrons. The van der Waals surface area contributed by atoms with Gasteiger partial charge in [0.1, 0.15) is 6.04 Å². The van der Waals surface area contributed by atoms with Crippen LogP contribution in [0.4, 0.5) is 5.69 Å². The molecule has 0 bridgehead atoms. The Kier molecular flexibility index (Phi) is 5.31. The van der Waals surface area contributed by atoms with Crippen molar-refractivity contribution in [2.75, 3.05) is 5.75 Å². The Morgan fingerprint density at radius 2 is 2.11 bits per heavy atom. The number of amides is 1. The highest BCUT2D eigenvalue weighted by Crippen LogP contribution is 2.43. The van der Waals surface area contributed by atoms with E-state index < -0.39 is 16.9 Å². The second-order valence-electron chi connectivity index (χ2n) is 6.43. The summed E-state index contributed by atoms with van der Waals surface area (Å²) in [5.41, 5.74) is 0.658. The van der Waals surface area contributed by atoms with Gasteiger partial charge in [-0.1, -0.05) is 23.9 Å². The number of esters is 1. The standard InChI is InChI=1S/C18H19N3O5S/c1-10(2)26-17(23)15-11(3)19-18-20(14(22)8-9-27-18)16(15)12-6-4-5-7-13(12)21(24)25/h4-7,10,16H,8-9H2,1-3H3/t16-/m0/s1. The topological polar surface area (TPSA) is 102 Å². The van der Waals surface area contributed by atoms with Crippen LogP contribution < -0.4 is 0 Å². The fourth-order valence-electron chi connectivity index (χ4n) is 3.11. The van der Waals surface area contributed by atoms with E-state index in [2.05, 4.69) is 4.99 Å². The first-order chi connectivity index (χ1) is 12.8. The van der Waals surface area contributed by atoms with E-state index in [1.807, 2.05) is 0 Å². The average molecular weight is 389 g/mol. The molecular weight excluding hydrogens is 370 g/mol. The molecule has 9 heteroatoms. The Morgan fingerprint density at radius 1 is 1.41 bits per heavy atom. The summed E-state index contributed by atoms with van der Waals surface area (Å²) in [6.45, 7) is 5.09. The number of thioether (sulfide) groups is 1. The number of ether oxygens (including phenoxy) is 1. The number of para-hydroxylation sites is 1. The SMILES string of the molecule is CC1=C(C(=O)OC(C)C)[C@H](c2ccccc2[N+](=O)[O-])N2C(=O)CCSC2=N1. The number of benzene rings is 1. The summed E-state index contributed by atoms with van der Waals surface area (Å²) in [5.74, 6) is -0.272.